The van der Waals surface area contributed by atoms with Crippen LogP contribution in [0.2, 0.25) is 0 Å². The standard InChI is InChI=1S/C21H21N3O4S2/c1-15-2-8-18-19(14-15)29-21(22-18)23-20(25)9-5-16-3-6-17(7-4-16)30(26,27)24-10-12-28-13-11-24/h2-9,14H,10-13H2,1H3,(H,22,23,25)/b9-5+. The third-order valence-corrected chi connectivity index (χ3v) is 7.54. The number of hydrogen-bond acceptors (Lipinski definition) is 6. The lowest BCUT2D eigenvalue weighted by atomic mass is 10.2. The Morgan fingerprint density at radius 1 is 1.17 bits per heavy atom. The van der Waals surface area contributed by atoms with Crippen molar-refractivity contribution in [2.45, 2.75) is 11.8 Å². The quantitative estimate of drug-likeness (QED) is 0.612. The lowest BCUT2D eigenvalue weighted by molar-refractivity contribution is -0.111. The van der Waals surface area contributed by atoms with E-state index in [4.69, 9.17) is 4.74 Å². The highest BCUT2D eigenvalue weighted by molar-refractivity contribution is 7.89. The van der Waals surface area contributed by atoms with Crippen LogP contribution in [0.5, 0.6) is 0 Å². The zero-order valence-electron chi connectivity index (χ0n) is 16.4. The van der Waals surface area contributed by atoms with E-state index in [1.807, 2.05) is 25.1 Å². The normalized spacial score (nSPS) is 15.6. The summed E-state index contributed by atoms with van der Waals surface area (Å²) in [7, 11) is -3.52. The molecule has 1 N–H and O–H groups in total. The van der Waals surface area contributed by atoms with Gasteiger partial charge in [-0.1, -0.05) is 29.5 Å². The second-order valence-corrected chi connectivity index (χ2v) is 9.87. The molecule has 0 spiro atoms. The number of carbonyl (C=O) groups excluding carboxylic acids is 1. The molecular formula is C21H21N3O4S2. The Balaban J connectivity index is 1.41. The van der Waals surface area contributed by atoms with Crippen molar-refractivity contribution in [2.24, 2.45) is 0 Å². The highest BCUT2D eigenvalue weighted by Crippen LogP contribution is 2.26. The molecule has 1 aliphatic rings. The van der Waals surface area contributed by atoms with E-state index in [0.717, 1.165) is 21.3 Å². The highest BCUT2D eigenvalue weighted by atomic mass is 32.2. The Hall–Kier alpha value is -2.59. The molecule has 0 unspecified atom stereocenters. The summed E-state index contributed by atoms with van der Waals surface area (Å²) in [5, 5.41) is 3.31. The van der Waals surface area contributed by atoms with E-state index in [2.05, 4.69) is 10.3 Å². The lowest BCUT2D eigenvalue weighted by Gasteiger charge is -2.26. The van der Waals surface area contributed by atoms with Crippen molar-refractivity contribution in [2.75, 3.05) is 31.6 Å². The van der Waals surface area contributed by atoms with Crippen LogP contribution < -0.4 is 5.32 Å². The SMILES string of the molecule is Cc1ccc2nc(NC(=O)/C=C/c3ccc(S(=O)(=O)N4CCOCC4)cc3)sc2c1. The molecule has 0 bridgehead atoms. The maximum Gasteiger partial charge on any atom is 0.250 e. The fourth-order valence-electron chi connectivity index (χ4n) is 3.09. The van der Waals surface area contributed by atoms with Gasteiger partial charge in [0.15, 0.2) is 5.13 Å². The maximum atomic E-state index is 12.6. The average Bonchev–Trinajstić information content (AvgIpc) is 3.14. The number of hydrogen-bond donors (Lipinski definition) is 1. The summed E-state index contributed by atoms with van der Waals surface area (Å²) >= 11 is 1.42. The number of nitrogens with zero attached hydrogens (tertiary/aromatic N) is 2. The fraction of sp³-hybridized carbons (Fsp3) is 0.238. The third-order valence-electron chi connectivity index (χ3n) is 4.69. The predicted octanol–water partition coefficient (Wildman–Crippen LogP) is 3.28. The van der Waals surface area contributed by atoms with Crippen LogP contribution in [0.3, 0.4) is 0 Å². The van der Waals surface area contributed by atoms with Gasteiger partial charge in [-0.15, -0.1) is 0 Å². The Bertz CT molecular complexity index is 1190. The Morgan fingerprint density at radius 2 is 1.90 bits per heavy atom. The number of nitrogens with one attached hydrogen (secondary N) is 1. The van der Waals surface area contributed by atoms with Crippen molar-refractivity contribution in [3.8, 4) is 0 Å². The molecule has 7 nitrogen and oxygen atoms in total. The van der Waals surface area contributed by atoms with Crippen molar-refractivity contribution in [1.82, 2.24) is 9.29 Å². The number of aryl methyl sites for hydroxylation is 1. The second kappa shape index (κ2) is 8.65. The summed E-state index contributed by atoms with van der Waals surface area (Å²) in [6.07, 6.45) is 3.04. The molecule has 0 aliphatic carbocycles. The second-order valence-electron chi connectivity index (χ2n) is 6.90. The van der Waals surface area contributed by atoms with Crippen LogP contribution in [-0.2, 0) is 19.6 Å². The number of anilines is 1. The Morgan fingerprint density at radius 3 is 2.63 bits per heavy atom. The molecule has 1 amide bonds. The van der Waals surface area contributed by atoms with E-state index in [0.29, 0.717) is 31.4 Å². The summed E-state index contributed by atoms with van der Waals surface area (Å²) in [5.74, 6) is -0.296. The van der Waals surface area contributed by atoms with Crippen LogP contribution >= 0.6 is 11.3 Å². The van der Waals surface area contributed by atoms with Crippen molar-refractivity contribution < 1.29 is 17.9 Å². The third kappa shape index (κ3) is 4.59. The number of morpholine rings is 1. The number of thiazole rings is 1. The topological polar surface area (TPSA) is 88.6 Å². The van der Waals surface area contributed by atoms with Gasteiger partial charge >= 0.3 is 0 Å². The largest absolute Gasteiger partial charge is 0.379 e. The first-order chi connectivity index (χ1) is 14.4. The molecule has 0 atom stereocenters. The van der Waals surface area contributed by atoms with E-state index in [9.17, 15) is 13.2 Å². The summed E-state index contributed by atoms with van der Waals surface area (Å²) in [6.45, 7) is 3.54. The van der Waals surface area contributed by atoms with Crippen LogP contribution in [0, 0.1) is 6.92 Å². The molecule has 1 aromatic heterocycles. The minimum absolute atomic E-state index is 0.232. The Labute approximate surface area is 179 Å². The highest BCUT2D eigenvalue weighted by Gasteiger charge is 2.25. The first kappa shape index (κ1) is 20.7. The van der Waals surface area contributed by atoms with E-state index >= 15 is 0 Å². The molecule has 9 heteroatoms. The van der Waals surface area contributed by atoms with Gasteiger partial charge in [-0.2, -0.15) is 4.31 Å². The molecule has 156 valence electrons. The van der Waals surface area contributed by atoms with Crippen LogP contribution in [0.1, 0.15) is 11.1 Å². The molecule has 0 saturated carbocycles. The monoisotopic (exact) mass is 443 g/mol. The van der Waals surface area contributed by atoms with Crippen molar-refractivity contribution in [3.63, 3.8) is 0 Å². The zero-order valence-corrected chi connectivity index (χ0v) is 18.0. The number of amides is 1. The molecular weight excluding hydrogens is 422 g/mol. The molecule has 30 heavy (non-hydrogen) atoms. The molecule has 0 radical (unpaired) electrons. The molecule has 1 aliphatic heterocycles. The van der Waals surface area contributed by atoms with Gasteiger partial charge < -0.3 is 4.74 Å². The van der Waals surface area contributed by atoms with Gasteiger partial charge in [-0.25, -0.2) is 13.4 Å². The minimum Gasteiger partial charge on any atom is -0.379 e. The molecule has 3 aromatic rings. The molecule has 1 saturated heterocycles. The van der Waals surface area contributed by atoms with Crippen LogP contribution in [-0.4, -0.2) is 49.9 Å². The van der Waals surface area contributed by atoms with Gasteiger partial charge in [0.2, 0.25) is 15.9 Å². The summed E-state index contributed by atoms with van der Waals surface area (Å²) in [5.41, 5.74) is 2.72. The van der Waals surface area contributed by atoms with Gasteiger partial charge in [0.25, 0.3) is 0 Å². The van der Waals surface area contributed by atoms with E-state index < -0.39 is 10.0 Å². The number of aromatic nitrogens is 1. The molecule has 1 fully saturated rings. The first-order valence-electron chi connectivity index (χ1n) is 9.46. The van der Waals surface area contributed by atoms with Crippen LogP contribution in [0.25, 0.3) is 16.3 Å². The number of carbonyl (C=O) groups is 1. The van der Waals surface area contributed by atoms with Gasteiger partial charge in [0.05, 0.1) is 28.3 Å². The number of sulfonamides is 1. The van der Waals surface area contributed by atoms with E-state index in [-0.39, 0.29) is 10.8 Å². The van der Waals surface area contributed by atoms with Crippen molar-refractivity contribution in [3.05, 3.63) is 59.7 Å². The number of fused-ring (bicyclic) bond motifs is 1. The van der Waals surface area contributed by atoms with Crippen molar-refractivity contribution >= 4 is 48.7 Å². The van der Waals surface area contributed by atoms with Gasteiger partial charge in [0, 0.05) is 19.2 Å². The zero-order chi connectivity index (χ0) is 21.1. The molecule has 2 heterocycles. The number of benzene rings is 2. The first-order valence-corrected chi connectivity index (χ1v) is 11.7. The summed E-state index contributed by atoms with van der Waals surface area (Å²) in [6, 6.07) is 12.4. The number of rotatable bonds is 5. The minimum atomic E-state index is -3.52. The van der Waals surface area contributed by atoms with Crippen LogP contribution in [0.15, 0.2) is 53.4 Å². The van der Waals surface area contributed by atoms with Gasteiger partial charge in [-0.3, -0.25) is 10.1 Å². The van der Waals surface area contributed by atoms with Crippen molar-refractivity contribution in [1.29, 1.82) is 0 Å². The van der Waals surface area contributed by atoms with Gasteiger partial charge in [0.1, 0.15) is 0 Å². The van der Waals surface area contributed by atoms with Gasteiger partial charge in [-0.05, 0) is 48.4 Å². The van der Waals surface area contributed by atoms with E-state index in [1.54, 1.807) is 30.3 Å². The molecule has 2 aromatic carbocycles. The maximum absolute atomic E-state index is 12.6. The smallest absolute Gasteiger partial charge is 0.250 e. The number of ether oxygens (including phenoxy) is 1. The fourth-order valence-corrected chi connectivity index (χ4v) is 5.47. The molecule has 4 rings (SSSR count). The summed E-state index contributed by atoms with van der Waals surface area (Å²) in [4.78, 5) is 16.9. The van der Waals surface area contributed by atoms with E-state index in [1.165, 1.54) is 21.7 Å². The average molecular weight is 444 g/mol. The summed E-state index contributed by atoms with van der Waals surface area (Å²) < 4.78 is 32.9. The van der Waals surface area contributed by atoms with Crippen LogP contribution in [0.4, 0.5) is 5.13 Å². The predicted molar refractivity (Wildman–Crippen MR) is 118 cm³/mol. The lowest BCUT2D eigenvalue weighted by Crippen LogP contribution is -2.40. The Kier molecular flexibility index (Phi) is 5.96.